The van der Waals surface area contributed by atoms with Crippen molar-refractivity contribution in [2.75, 3.05) is 18.4 Å². The third-order valence-electron chi connectivity index (χ3n) is 3.06. The number of nitrogens with zero attached hydrogens (tertiary/aromatic N) is 2. The molecule has 5 nitrogen and oxygen atoms in total. The first-order valence-electron chi connectivity index (χ1n) is 7.29. The monoisotopic (exact) mass is 302 g/mol. The Morgan fingerprint density at radius 3 is 2.82 bits per heavy atom. The Bertz CT molecular complexity index is 633. The first-order valence-corrected chi connectivity index (χ1v) is 7.29. The highest BCUT2D eigenvalue weighted by atomic mass is 19.1. The molecule has 0 radical (unpaired) electrons. The topological polar surface area (TPSA) is 66.9 Å². The Morgan fingerprint density at radius 1 is 1.23 bits per heavy atom. The van der Waals surface area contributed by atoms with Crippen LogP contribution in [0.4, 0.5) is 10.3 Å². The van der Waals surface area contributed by atoms with Crippen LogP contribution in [0, 0.1) is 5.82 Å². The molecule has 1 heterocycles. The minimum Gasteiger partial charge on any atom is -0.354 e. The van der Waals surface area contributed by atoms with Gasteiger partial charge in [0.05, 0.1) is 0 Å². The van der Waals surface area contributed by atoms with Gasteiger partial charge in [-0.25, -0.2) is 14.4 Å². The molecule has 116 valence electrons. The van der Waals surface area contributed by atoms with E-state index in [0.717, 1.165) is 6.42 Å². The van der Waals surface area contributed by atoms with Crippen molar-refractivity contribution < 1.29 is 9.18 Å². The van der Waals surface area contributed by atoms with Crippen molar-refractivity contribution >= 4 is 11.9 Å². The van der Waals surface area contributed by atoms with E-state index in [1.54, 1.807) is 24.3 Å². The maximum Gasteiger partial charge on any atom is 0.270 e. The number of aromatic nitrogens is 2. The minimum absolute atomic E-state index is 0.221. The first kappa shape index (κ1) is 15.9. The second-order valence-corrected chi connectivity index (χ2v) is 4.79. The van der Waals surface area contributed by atoms with Gasteiger partial charge in [-0.05, 0) is 30.5 Å². The van der Waals surface area contributed by atoms with E-state index < -0.39 is 0 Å². The van der Waals surface area contributed by atoms with E-state index in [9.17, 15) is 9.18 Å². The number of nitrogens with one attached hydrogen (secondary N) is 2. The second kappa shape index (κ2) is 8.07. The molecular formula is C16H19FN4O. The van der Waals surface area contributed by atoms with E-state index in [1.165, 1.54) is 12.3 Å². The number of amides is 1. The van der Waals surface area contributed by atoms with Crippen LogP contribution in [0.15, 0.2) is 36.5 Å². The molecule has 0 atom stereocenters. The van der Waals surface area contributed by atoms with Gasteiger partial charge in [0, 0.05) is 19.3 Å². The summed E-state index contributed by atoms with van der Waals surface area (Å²) in [5, 5.41) is 5.76. The van der Waals surface area contributed by atoms with Crippen molar-refractivity contribution in [2.24, 2.45) is 0 Å². The summed E-state index contributed by atoms with van der Waals surface area (Å²) in [4.78, 5) is 20.0. The van der Waals surface area contributed by atoms with Crippen molar-refractivity contribution in [3.63, 3.8) is 0 Å². The quantitative estimate of drug-likeness (QED) is 0.824. The van der Waals surface area contributed by atoms with Gasteiger partial charge in [0.2, 0.25) is 5.95 Å². The molecule has 6 heteroatoms. The molecule has 1 aromatic heterocycles. The van der Waals surface area contributed by atoms with E-state index >= 15 is 0 Å². The van der Waals surface area contributed by atoms with Gasteiger partial charge in [-0.1, -0.05) is 25.1 Å². The van der Waals surface area contributed by atoms with Crippen LogP contribution >= 0.6 is 0 Å². The molecule has 2 rings (SSSR count). The zero-order valence-corrected chi connectivity index (χ0v) is 12.5. The molecule has 0 bridgehead atoms. The van der Waals surface area contributed by atoms with E-state index in [4.69, 9.17) is 0 Å². The summed E-state index contributed by atoms with van der Waals surface area (Å²) in [5.74, 6) is -0.0835. The van der Waals surface area contributed by atoms with Crippen LogP contribution in [-0.4, -0.2) is 29.0 Å². The first-order chi connectivity index (χ1) is 10.7. The number of benzene rings is 1. The van der Waals surface area contributed by atoms with Gasteiger partial charge in [0.1, 0.15) is 11.5 Å². The lowest BCUT2D eigenvalue weighted by Gasteiger charge is -2.07. The van der Waals surface area contributed by atoms with Gasteiger partial charge in [-0.2, -0.15) is 0 Å². The van der Waals surface area contributed by atoms with Crippen LogP contribution in [0.25, 0.3) is 0 Å². The molecule has 0 spiro atoms. The molecule has 2 N–H and O–H groups in total. The van der Waals surface area contributed by atoms with E-state index in [2.05, 4.69) is 20.6 Å². The maximum absolute atomic E-state index is 13.5. The fourth-order valence-corrected chi connectivity index (χ4v) is 1.91. The van der Waals surface area contributed by atoms with E-state index in [-0.39, 0.29) is 11.7 Å². The van der Waals surface area contributed by atoms with Crippen molar-refractivity contribution in [3.05, 3.63) is 53.6 Å². The average Bonchev–Trinajstić information content (AvgIpc) is 2.54. The number of halogens is 1. The second-order valence-electron chi connectivity index (χ2n) is 4.79. The van der Waals surface area contributed by atoms with Crippen molar-refractivity contribution in [1.82, 2.24) is 15.3 Å². The van der Waals surface area contributed by atoms with E-state index in [1.807, 2.05) is 6.92 Å². The highest BCUT2D eigenvalue weighted by Crippen LogP contribution is 2.07. The van der Waals surface area contributed by atoms with Gasteiger partial charge in [0.15, 0.2) is 0 Å². The number of anilines is 1. The Balaban J connectivity index is 1.90. The van der Waals surface area contributed by atoms with Crippen LogP contribution in [-0.2, 0) is 6.42 Å². The molecule has 0 saturated carbocycles. The largest absolute Gasteiger partial charge is 0.354 e. The Kier molecular flexibility index (Phi) is 5.82. The van der Waals surface area contributed by atoms with Crippen molar-refractivity contribution in [3.8, 4) is 0 Å². The molecule has 1 amide bonds. The summed E-state index contributed by atoms with van der Waals surface area (Å²) in [7, 11) is 0. The number of carbonyl (C=O) groups is 1. The summed E-state index contributed by atoms with van der Waals surface area (Å²) in [6.07, 6.45) is 2.91. The minimum atomic E-state index is -0.224. The summed E-state index contributed by atoms with van der Waals surface area (Å²) in [5.41, 5.74) is 0.948. The zero-order valence-electron chi connectivity index (χ0n) is 12.5. The highest BCUT2D eigenvalue weighted by Gasteiger charge is 2.08. The molecule has 0 saturated heterocycles. The SMILES string of the molecule is CCCNC(=O)c1ccnc(NCCc2ccccc2F)n1. The average molecular weight is 302 g/mol. The third kappa shape index (κ3) is 4.51. The summed E-state index contributed by atoms with van der Waals surface area (Å²) in [6.45, 7) is 3.08. The Morgan fingerprint density at radius 2 is 2.05 bits per heavy atom. The number of carbonyl (C=O) groups excluding carboxylic acids is 1. The van der Waals surface area contributed by atoms with Gasteiger partial charge in [0.25, 0.3) is 5.91 Å². The predicted octanol–water partition coefficient (Wildman–Crippen LogP) is 2.41. The molecule has 0 aliphatic carbocycles. The van der Waals surface area contributed by atoms with Gasteiger partial charge >= 0.3 is 0 Å². The number of hydrogen-bond donors (Lipinski definition) is 2. The van der Waals surface area contributed by atoms with Crippen LogP contribution in [0.1, 0.15) is 29.4 Å². The van der Waals surface area contributed by atoms with Crippen LogP contribution in [0.2, 0.25) is 0 Å². The lowest BCUT2D eigenvalue weighted by Crippen LogP contribution is -2.25. The smallest absolute Gasteiger partial charge is 0.270 e. The predicted molar refractivity (Wildman–Crippen MR) is 83.2 cm³/mol. The molecule has 0 aliphatic heterocycles. The molecule has 22 heavy (non-hydrogen) atoms. The molecule has 1 aromatic carbocycles. The normalized spacial score (nSPS) is 10.3. The fraction of sp³-hybridized carbons (Fsp3) is 0.312. The van der Waals surface area contributed by atoms with Crippen LogP contribution in [0.5, 0.6) is 0 Å². The molecule has 0 aliphatic rings. The lowest BCUT2D eigenvalue weighted by molar-refractivity contribution is 0.0948. The van der Waals surface area contributed by atoms with Crippen LogP contribution in [0.3, 0.4) is 0 Å². The van der Waals surface area contributed by atoms with Crippen molar-refractivity contribution in [2.45, 2.75) is 19.8 Å². The van der Waals surface area contributed by atoms with Crippen molar-refractivity contribution in [1.29, 1.82) is 0 Å². The maximum atomic E-state index is 13.5. The highest BCUT2D eigenvalue weighted by molar-refractivity contribution is 5.92. The lowest BCUT2D eigenvalue weighted by atomic mass is 10.1. The molecule has 0 unspecified atom stereocenters. The van der Waals surface area contributed by atoms with Gasteiger partial charge in [-0.3, -0.25) is 4.79 Å². The van der Waals surface area contributed by atoms with Crippen LogP contribution < -0.4 is 10.6 Å². The summed E-state index contributed by atoms with van der Waals surface area (Å²) >= 11 is 0. The standard InChI is InChI=1S/C16H19FN4O/c1-2-9-18-15(22)14-8-11-20-16(21-14)19-10-7-12-5-3-4-6-13(12)17/h3-6,8,11H,2,7,9-10H2,1H3,(H,18,22)(H,19,20,21). The summed E-state index contributed by atoms with van der Waals surface area (Å²) < 4.78 is 13.5. The third-order valence-corrected chi connectivity index (χ3v) is 3.06. The Hall–Kier alpha value is -2.50. The zero-order chi connectivity index (χ0) is 15.8. The van der Waals surface area contributed by atoms with E-state index in [0.29, 0.717) is 36.7 Å². The van der Waals surface area contributed by atoms with Gasteiger partial charge < -0.3 is 10.6 Å². The molecular weight excluding hydrogens is 283 g/mol. The fourth-order valence-electron chi connectivity index (χ4n) is 1.91. The van der Waals surface area contributed by atoms with Gasteiger partial charge in [-0.15, -0.1) is 0 Å². The molecule has 2 aromatic rings. The summed E-state index contributed by atoms with van der Waals surface area (Å²) in [6, 6.07) is 8.20. The number of hydrogen-bond acceptors (Lipinski definition) is 4. The number of rotatable bonds is 7. The molecule has 0 fully saturated rings. The Labute approximate surface area is 129 Å².